The van der Waals surface area contributed by atoms with Crippen LogP contribution in [0.1, 0.15) is 22.7 Å². The van der Waals surface area contributed by atoms with Crippen LogP contribution in [-0.4, -0.2) is 40.2 Å². The Bertz CT molecular complexity index is 405. The third kappa shape index (κ3) is 4.10. The molecule has 1 unspecified atom stereocenters. The van der Waals surface area contributed by atoms with E-state index in [9.17, 15) is 9.59 Å². The number of aliphatic carboxylic acids is 1. The Labute approximate surface area is 103 Å². The lowest BCUT2D eigenvalue weighted by atomic mass is 10.2. The quantitative estimate of drug-likeness (QED) is 0.788. The Balaban J connectivity index is 2.60. The van der Waals surface area contributed by atoms with Gasteiger partial charge in [0.1, 0.15) is 11.8 Å². The maximum atomic E-state index is 11.6. The average molecular weight is 258 g/mol. The normalized spacial score (nSPS) is 12.1. The van der Waals surface area contributed by atoms with Crippen molar-refractivity contribution >= 4 is 23.6 Å². The maximum Gasteiger partial charge on any atom is 0.326 e. The highest BCUT2D eigenvalue weighted by Gasteiger charge is 2.21. The molecule has 2 N–H and O–H groups in total. The minimum Gasteiger partial charge on any atom is -0.480 e. The average Bonchev–Trinajstić information content (AvgIpc) is 2.70. The predicted octanol–water partition coefficient (Wildman–Crippen LogP) is 0.919. The van der Waals surface area contributed by atoms with Gasteiger partial charge in [-0.3, -0.25) is 4.79 Å². The van der Waals surface area contributed by atoms with Gasteiger partial charge in [0.25, 0.3) is 5.91 Å². The van der Waals surface area contributed by atoms with Crippen LogP contribution in [0.15, 0.2) is 10.6 Å². The van der Waals surface area contributed by atoms with Gasteiger partial charge in [-0.05, 0) is 25.4 Å². The fraction of sp³-hybridized carbons (Fsp3) is 0.500. The van der Waals surface area contributed by atoms with E-state index in [1.54, 1.807) is 6.92 Å². The number of nitrogens with one attached hydrogen (secondary N) is 1. The third-order valence-electron chi connectivity index (χ3n) is 2.07. The molecule has 1 heterocycles. The van der Waals surface area contributed by atoms with Gasteiger partial charge in [-0.2, -0.15) is 11.8 Å². The van der Waals surface area contributed by atoms with E-state index in [-0.39, 0.29) is 5.69 Å². The van der Waals surface area contributed by atoms with E-state index < -0.39 is 17.9 Å². The summed E-state index contributed by atoms with van der Waals surface area (Å²) in [5.74, 6) is -0.413. The van der Waals surface area contributed by atoms with Gasteiger partial charge in [0.2, 0.25) is 0 Å². The lowest BCUT2D eigenvalue weighted by molar-refractivity contribution is -0.139. The Morgan fingerprint density at radius 2 is 2.35 bits per heavy atom. The first-order valence-electron chi connectivity index (χ1n) is 5.00. The van der Waals surface area contributed by atoms with E-state index in [2.05, 4.69) is 10.5 Å². The number of hydrogen-bond acceptors (Lipinski definition) is 5. The van der Waals surface area contributed by atoms with E-state index in [1.165, 1.54) is 17.8 Å². The number of amides is 1. The molecule has 1 amide bonds. The van der Waals surface area contributed by atoms with E-state index in [1.807, 2.05) is 6.26 Å². The van der Waals surface area contributed by atoms with Crippen LogP contribution < -0.4 is 5.32 Å². The second-order valence-electron chi connectivity index (χ2n) is 3.47. The first kappa shape index (κ1) is 13.6. The molecule has 1 aromatic heterocycles. The summed E-state index contributed by atoms with van der Waals surface area (Å²) in [6.45, 7) is 1.66. The summed E-state index contributed by atoms with van der Waals surface area (Å²) in [6, 6.07) is 0.565. The minimum atomic E-state index is -1.05. The van der Waals surface area contributed by atoms with E-state index in [4.69, 9.17) is 9.63 Å². The van der Waals surface area contributed by atoms with Crippen molar-refractivity contribution < 1.29 is 19.2 Å². The number of hydrogen-bond donors (Lipinski definition) is 2. The summed E-state index contributed by atoms with van der Waals surface area (Å²) in [6.07, 6.45) is 2.25. The largest absolute Gasteiger partial charge is 0.480 e. The molecule has 0 aliphatic heterocycles. The van der Waals surface area contributed by atoms with Gasteiger partial charge in [-0.1, -0.05) is 5.16 Å². The molecule has 0 aliphatic carbocycles. The number of carbonyl (C=O) groups is 2. The van der Waals surface area contributed by atoms with Gasteiger partial charge in [0.15, 0.2) is 5.69 Å². The highest BCUT2D eigenvalue weighted by atomic mass is 32.2. The number of aromatic nitrogens is 1. The van der Waals surface area contributed by atoms with Gasteiger partial charge < -0.3 is 14.9 Å². The second kappa shape index (κ2) is 6.29. The zero-order chi connectivity index (χ0) is 12.8. The van der Waals surface area contributed by atoms with Crippen LogP contribution in [0.3, 0.4) is 0 Å². The molecule has 7 heteroatoms. The lowest BCUT2D eigenvalue weighted by Gasteiger charge is -2.12. The number of thioether (sulfide) groups is 1. The van der Waals surface area contributed by atoms with E-state index in [0.717, 1.165) is 0 Å². The van der Waals surface area contributed by atoms with Gasteiger partial charge in [-0.25, -0.2) is 4.79 Å². The molecule has 0 spiro atoms. The van der Waals surface area contributed by atoms with Crippen molar-refractivity contribution in [1.82, 2.24) is 10.5 Å². The van der Waals surface area contributed by atoms with Crippen LogP contribution in [0.2, 0.25) is 0 Å². The van der Waals surface area contributed by atoms with Gasteiger partial charge in [0.05, 0.1) is 0 Å². The van der Waals surface area contributed by atoms with Crippen molar-refractivity contribution in [3.8, 4) is 0 Å². The van der Waals surface area contributed by atoms with Crippen LogP contribution in [0.5, 0.6) is 0 Å². The number of nitrogens with zero attached hydrogens (tertiary/aromatic N) is 1. The fourth-order valence-corrected chi connectivity index (χ4v) is 1.67. The zero-order valence-corrected chi connectivity index (χ0v) is 10.4. The van der Waals surface area contributed by atoms with Crippen molar-refractivity contribution in [2.24, 2.45) is 0 Å². The summed E-state index contributed by atoms with van der Waals surface area (Å²) < 4.78 is 4.75. The van der Waals surface area contributed by atoms with Crippen molar-refractivity contribution in [3.05, 3.63) is 17.5 Å². The topological polar surface area (TPSA) is 92.4 Å². The Morgan fingerprint density at radius 1 is 1.65 bits per heavy atom. The summed E-state index contributed by atoms with van der Waals surface area (Å²) in [7, 11) is 0. The molecule has 1 atom stereocenters. The molecule has 6 nitrogen and oxygen atoms in total. The number of aryl methyl sites for hydroxylation is 1. The van der Waals surface area contributed by atoms with E-state index in [0.29, 0.717) is 17.9 Å². The molecule has 0 saturated carbocycles. The molecule has 0 fully saturated rings. The van der Waals surface area contributed by atoms with Crippen molar-refractivity contribution in [1.29, 1.82) is 0 Å². The van der Waals surface area contributed by atoms with E-state index >= 15 is 0 Å². The maximum absolute atomic E-state index is 11.6. The summed E-state index contributed by atoms with van der Waals surface area (Å²) in [4.78, 5) is 22.5. The standard InChI is InChI=1S/C10H14N2O4S/c1-6-5-8(12-16-6)9(13)11-7(10(14)15)3-4-17-2/h5,7H,3-4H2,1-2H3,(H,11,13)(H,14,15). The summed E-state index contributed by atoms with van der Waals surface area (Å²) in [5, 5.41) is 14.9. The molecule has 17 heavy (non-hydrogen) atoms. The lowest BCUT2D eigenvalue weighted by Crippen LogP contribution is -2.41. The van der Waals surface area contributed by atoms with Crippen molar-refractivity contribution in [2.75, 3.05) is 12.0 Å². The molecule has 94 valence electrons. The van der Waals surface area contributed by atoms with Crippen LogP contribution in [0, 0.1) is 6.92 Å². The summed E-state index contributed by atoms with van der Waals surface area (Å²) >= 11 is 1.53. The van der Waals surface area contributed by atoms with Crippen LogP contribution >= 0.6 is 11.8 Å². The monoisotopic (exact) mass is 258 g/mol. The Kier molecular flexibility index (Phi) is 5.02. The van der Waals surface area contributed by atoms with Crippen molar-refractivity contribution in [3.63, 3.8) is 0 Å². The molecule has 0 aromatic carbocycles. The first-order valence-corrected chi connectivity index (χ1v) is 6.40. The van der Waals surface area contributed by atoms with Gasteiger partial charge in [0, 0.05) is 6.07 Å². The molecule has 1 aromatic rings. The number of rotatable bonds is 6. The minimum absolute atomic E-state index is 0.0953. The molecular weight excluding hydrogens is 244 g/mol. The molecule has 0 aliphatic rings. The highest BCUT2D eigenvalue weighted by Crippen LogP contribution is 2.05. The highest BCUT2D eigenvalue weighted by molar-refractivity contribution is 7.98. The molecule has 0 radical (unpaired) electrons. The molecule has 1 rings (SSSR count). The SMILES string of the molecule is CSCCC(NC(=O)c1cc(C)on1)C(=O)O. The van der Waals surface area contributed by atoms with Crippen molar-refractivity contribution in [2.45, 2.75) is 19.4 Å². The number of carbonyl (C=O) groups excluding carboxylic acids is 1. The molecule has 0 bridgehead atoms. The van der Waals surface area contributed by atoms with Crippen LogP contribution in [-0.2, 0) is 4.79 Å². The zero-order valence-electron chi connectivity index (χ0n) is 9.60. The molecule has 0 saturated heterocycles. The Hall–Kier alpha value is -1.50. The van der Waals surface area contributed by atoms with Crippen LogP contribution in [0.4, 0.5) is 0 Å². The predicted molar refractivity (Wildman–Crippen MR) is 63.1 cm³/mol. The first-order chi connectivity index (χ1) is 8.04. The van der Waals surface area contributed by atoms with Gasteiger partial charge >= 0.3 is 5.97 Å². The third-order valence-corrected chi connectivity index (χ3v) is 2.72. The second-order valence-corrected chi connectivity index (χ2v) is 4.45. The van der Waals surface area contributed by atoms with Gasteiger partial charge in [-0.15, -0.1) is 0 Å². The van der Waals surface area contributed by atoms with Crippen LogP contribution in [0.25, 0.3) is 0 Å². The number of carboxylic acids is 1. The molecular formula is C10H14N2O4S. The fourth-order valence-electron chi connectivity index (χ4n) is 1.20. The Morgan fingerprint density at radius 3 is 2.82 bits per heavy atom. The number of carboxylic acid groups (broad SMARTS) is 1. The summed E-state index contributed by atoms with van der Waals surface area (Å²) in [5.41, 5.74) is 0.0953. The smallest absolute Gasteiger partial charge is 0.326 e.